The Kier molecular flexibility index (Phi) is 2.52. The molecule has 3 nitrogen and oxygen atoms in total. The van der Waals surface area contributed by atoms with Gasteiger partial charge in [-0.15, -0.1) is 0 Å². The Balaban J connectivity index is 1.97. The summed E-state index contributed by atoms with van der Waals surface area (Å²) < 4.78 is 0. The second-order valence-electron chi connectivity index (χ2n) is 5.19. The molecule has 1 atom stereocenters. The van der Waals surface area contributed by atoms with Crippen LogP contribution in [0.2, 0.25) is 0 Å². The molecule has 0 bridgehead atoms. The predicted octanol–water partition coefficient (Wildman–Crippen LogP) is 0.854. The molecule has 0 aliphatic carbocycles. The highest BCUT2D eigenvalue weighted by molar-refractivity contribution is 5.79. The standard InChI is InChI=1S/C11H20N2O/c1-11(7-10(14)12-8-11)9-3-5-13(2)6-4-9/h9H,3-8H2,1-2H3,(H,12,14). The molecule has 2 fully saturated rings. The maximum absolute atomic E-state index is 11.2. The third-order valence-electron chi connectivity index (χ3n) is 3.96. The van der Waals surface area contributed by atoms with Crippen LogP contribution >= 0.6 is 0 Å². The van der Waals surface area contributed by atoms with Crippen LogP contribution in [0.4, 0.5) is 0 Å². The van der Waals surface area contributed by atoms with Crippen molar-refractivity contribution in [3.8, 4) is 0 Å². The molecule has 0 aromatic carbocycles. The number of hydrogen-bond acceptors (Lipinski definition) is 2. The van der Waals surface area contributed by atoms with Crippen molar-refractivity contribution in [1.82, 2.24) is 10.2 Å². The van der Waals surface area contributed by atoms with Gasteiger partial charge in [0.2, 0.25) is 5.91 Å². The van der Waals surface area contributed by atoms with E-state index >= 15 is 0 Å². The van der Waals surface area contributed by atoms with Crippen LogP contribution in [0.1, 0.15) is 26.2 Å². The average Bonchev–Trinajstić information content (AvgIpc) is 2.48. The SMILES string of the molecule is CN1CCC(C2(C)CNC(=O)C2)CC1. The Morgan fingerprint density at radius 3 is 2.57 bits per heavy atom. The summed E-state index contributed by atoms with van der Waals surface area (Å²) in [5.74, 6) is 0.976. The summed E-state index contributed by atoms with van der Waals surface area (Å²) in [6.45, 7) is 5.53. The lowest BCUT2D eigenvalue weighted by atomic mass is 9.72. The van der Waals surface area contributed by atoms with Crippen molar-refractivity contribution in [3.05, 3.63) is 0 Å². The highest BCUT2D eigenvalue weighted by atomic mass is 16.1. The van der Waals surface area contributed by atoms with Gasteiger partial charge in [0.1, 0.15) is 0 Å². The summed E-state index contributed by atoms with van der Waals surface area (Å²) >= 11 is 0. The van der Waals surface area contributed by atoms with Crippen LogP contribution in [0.5, 0.6) is 0 Å². The molecule has 2 rings (SSSR count). The number of likely N-dealkylation sites (tertiary alicyclic amines) is 1. The number of carbonyl (C=O) groups is 1. The first-order valence-electron chi connectivity index (χ1n) is 5.55. The lowest BCUT2D eigenvalue weighted by molar-refractivity contribution is -0.119. The van der Waals surface area contributed by atoms with Gasteiger partial charge in [0.15, 0.2) is 0 Å². The molecule has 2 heterocycles. The van der Waals surface area contributed by atoms with Gasteiger partial charge in [-0.25, -0.2) is 0 Å². The first kappa shape index (κ1) is 9.97. The fourth-order valence-electron chi connectivity index (χ4n) is 2.79. The minimum atomic E-state index is 0.234. The van der Waals surface area contributed by atoms with Gasteiger partial charge >= 0.3 is 0 Å². The molecule has 1 N–H and O–H groups in total. The summed E-state index contributed by atoms with van der Waals surface area (Å²) in [5.41, 5.74) is 0.234. The van der Waals surface area contributed by atoms with Gasteiger partial charge in [0.25, 0.3) is 0 Å². The predicted molar refractivity (Wildman–Crippen MR) is 56.0 cm³/mol. The summed E-state index contributed by atoms with van der Waals surface area (Å²) in [4.78, 5) is 13.6. The van der Waals surface area contributed by atoms with Crippen molar-refractivity contribution in [2.75, 3.05) is 26.7 Å². The quantitative estimate of drug-likeness (QED) is 0.674. The first-order chi connectivity index (χ1) is 6.60. The normalized spacial score (nSPS) is 36.0. The molecular formula is C11H20N2O. The molecule has 14 heavy (non-hydrogen) atoms. The smallest absolute Gasteiger partial charge is 0.220 e. The van der Waals surface area contributed by atoms with Crippen molar-refractivity contribution in [2.24, 2.45) is 11.3 Å². The van der Waals surface area contributed by atoms with Gasteiger partial charge in [0.05, 0.1) is 0 Å². The number of carbonyl (C=O) groups excluding carboxylic acids is 1. The molecule has 0 radical (unpaired) electrons. The molecule has 0 aromatic rings. The zero-order valence-corrected chi connectivity index (χ0v) is 9.18. The largest absolute Gasteiger partial charge is 0.356 e. The Morgan fingerprint density at radius 1 is 1.43 bits per heavy atom. The van der Waals surface area contributed by atoms with E-state index in [1.54, 1.807) is 0 Å². The van der Waals surface area contributed by atoms with E-state index in [2.05, 4.69) is 24.2 Å². The van der Waals surface area contributed by atoms with Gasteiger partial charge in [-0.05, 0) is 44.3 Å². The van der Waals surface area contributed by atoms with E-state index in [1.165, 1.54) is 25.9 Å². The molecule has 0 spiro atoms. The fourth-order valence-corrected chi connectivity index (χ4v) is 2.79. The molecule has 2 aliphatic rings. The molecule has 80 valence electrons. The summed E-state index contributed by atoms with van der Waals surface area (Å²) in [7, 11) is 2.18. The molecule has 0 saturated carbocycles. The van der Waals surface area contributed by atoms with Gasteiger partial charge in [-0.1, -0.05) is 6.92 Å². The maximum atomic E-state index is 11.2. The molecule has 2 aliphatic heterocycles. The number of nitrogens with one attached hydrogen (secondary N) is 1. The summed E-state index contributed by atoms with van der Waals surface area (Å²) in [6, 6.07) is 0. The lowest BCUT2D eigenvalue weighted by Crippen LogP contribution is -2.39. The fraction of sp³-hybridized carbons (Fsp3) is 0.909. The topological polar surface area (TPSA) is 32.3 Å². The minimum absolute atomic E-state index is 0.234. The molecular weight excluding hydrogens is 176 g/mol. The Labute approximate surface area is 85.8 Å². The van der Waals surface area contributed by atoms with E-state index in [9.17, 15) is 4.79 Å². The number of rotatable bonds is 1. The number of nitrogens with zero attached hydrogens (tertiary/aromatic N) is 1. The molecule has 1 amide bonds. The van der Waals surface area contributed by atoms with Crippen LogP contribution < -0.4 is 5.32 Å². The van der Waals surface area contributed by atoms with Gasteiger partial charge in [-0.3, -0.25) is 4.79 Å². The third kappa shape index (κ3) is 1.78. The van der Waals surface area contributed by atoms with Crippen molar-refractivity contribution in [3.63, 3.8) is 0 Å². The Bertz CT molecular complexity index is 233. The summed E-state index contributed by atoms with van der Waals surface area (Å²) in [6.07, 6.45) is 3.24. The third-order valence-corrected chi connectivity index (χ3v) is 3.96. The zero-order valence-electron chi connectivity index (χ0n) is 9.18. The van der Waals surface area contributed by atoms with Crippen LogP contribution in [0.25, 0.3) is 0 Å². The van der Waals surface area contributed by atoms with Crippen LogP contribution in [-0.4, -0.2) is 37.5 Å². The highest BCUT2D eigenvalue weighted by Crippen LogP contribution is 2.39. The van der Waals surface area contributed by atoms with E-state index in [0.717, 1.165) is 18.9 Å². The van der Waals surface area contributed by atoms with E-state index in [0.29, 0.717) is 0 Å². The van der Waals surface area contributed by atoms with E-state index in [-0.39, 0.29) is 11.3 Å². The monoisotopic (exact) mass is 196 g/mol. The zero-order chi connectivity index (χ0) is 10.2. The van der Waals surface area contributed by atoms with Gasteiger partial charge in [-0.2, -0.15) is 0 Å². The number of hydrogen-bond donors (Lipinski definition) is 1. The first-order valence-corrected chi connectivity index (χ1v) is 5.55. The molecule has 2 saturated heterocycles. The minimum Gasteiger partial charge on any atom is -0.356 e. The maximum Gasteiger partial charge on any atom is 0.220 e. The van der Waals surface area contributed by atoms with Crippen molar-refractivity contribution >= 4 is 5.91 Å². The Hall–Kier alpha value is -0.570. The lowest BCUT2D eigenvalue weighted by Gasteiger charge is -2.38. The average molecular weight is 196 g/mol. The van der Waals surface area contributed by atoms with Crippen LogP contribution in [0.3, 0.4) is 0 Å². The van der Waals surface area contributed by atoms with Crippen molar-refractivity contribution < 1.29 is 4.79 Å². The van der Waals surface area contributed by atoms with Crippen LogP contribution in [-0.2, 0) is 4.79 Å². The van der Waals surface area contributed by atoms with Gasteiger partial charge < -0.3 is 10.2 Å². The number of piperidine rings is 1. The molecule has 0 aromatic heterocycles. The van der Waals surface area contributed by atoms with Gasteiger partial charge in [0, 0.05) is 13.0 Å². The number of amides is 1. The molecule has 1 unspecified atom stereocenters. The van der Waals surface area contributed by atoms with Crippen molar-refractivity contribution in [1.29, 1.82) is 0 Å². The van der Waals surface area contributed by atoms with Crippen molar-refractivity contribution in [2.45, 2.75) is 26.2 Å². The second kappa shape index (κ2) is 3.54. The van der Waals surface area contributed by atoms with E-state index in [4.69, 9.17) is 0 Å². The Morgan fingerprint density at radius 2 is 2.07 bits per heavy atom. The van der Waals surface area contributed by atoms with Crippen LogP contribution in [0, 0.1) is 11.3 Å². The van der Waals surface area contributed by atoms with E-state index in [1.807, 2.05) is 0 Å². The highest BCUT2D eigenvalue weighted by Gasteiger charge is 2.41. The summed E-state index contributed by atoms with van der Waals surface area (Å²) in [5, 5.41) is 2.97. The second-order valence-corrected chi connectivity index (χ2v) is 5.19. The molecule has 3 heteroatoms. The van der Waals surface area contributed by atoms with E-state index < -0.39 is 0 Å². The van der Waals surface area contributed by atoms with Crippen LogP contribution in [0.15, 0.2) is 0 Å².